The van der Waals surface area contributed by atoms with E-state index >= 15 is 0 Å². The number of hydrogen-bond acceptors (Lipinski definition) is 3. The van der Waals surface area contributed by atoms with Crippen molar-refractivity contribution in [2.45, 2.75) is 18.5 Å². The number of likely N-dealkylation sites (tertiary alicyclic amines) is 1. The lowest BCUT2D eigenvalue weighted by Gasteiger charge is -2.17. The smallest absolute Gasteiger partial charge is 0.317 e. The molecule has 0 aliphatic carbocycles. The Hall–Kier alpha value is -2.34. The second-order valence-corrected chi connectivity index (χ2v) is 5.78. The van der Waals surface area contributed by atoms with Crippen molar-refractivity contribution >= 4 is 6.03 Å². The quantitative estimate of drug-likeness (QED) is 0.889. The van der Waals surface area contributed by atoms with Crippen LogP contribution in [0.4, 0.5) is 4.79 Å². The number of nitrogens with two attached hydrogens (primary N) is 1. The zero-order chi connectivity index (χ0) is 15.5. The Morgan fingerprint density at radius 1 is 1.36 bits per heavy atom. The van der Waals surface area contributed by atoms with Gasteiger partial charge >= 0.3 is 6.03 Å². The molecule has 3 N–H and O–H groups in total. The molecule has 22 heavy (non-hydrogen) atoms. The third-order valence-corrected chi connectivity index (χ3v) is 4.04. The number of carbonyl (C=O) groups is 1. The number of hydrogen-bond donors (Lipinski definition) is 2. The number of aryl methyl sites for hydroxylation is 1. The molecule has 0 spiro atoms. The number of urea groups is 1. The average Bonchev–Trinajstić information content (AvgIpc) is 3.11. The van der Waals surface area contributed by atoms with Gasteiger partial charge in [0.2, 0.25) is 0 Å². The minimum Gasteiger partial charge on any atom is -0.340 e. The van der Waals surface area contributed by atoms with Gasteiger partial charge in [0.25, 0.3) is 0 Å². The van der Waals surface area contributed by atoms with Gasteiger partial charge in [0.05, 0.1) is 12.0 Å². The maximum Gasteiger partial charge on any atom is 0.317 e. The lowest BCUT2D eigenvalue weighted by molar-refractivity contribution is 0.207. The monoisotopic (exact) mass is 299 g/mol. The summed E-state index contributed by atoms with van der Waals surface area (Å²) in [6.07, 6.45) is 3.73. The number of aromatic nitrogens is 2. The van der Waals surface area contributed by atoms with Gasteiger partial charge in [0.15, 0.2) is 0 Å². The van der Waals surface area contributed by atoms with E-state index in [0.717, 1.165) is 11.3 Å². The van der Waals surface area contributed by atoms with Crippen LogP contribution in [0.15, 0.2) is 42.9 Å². The minimum absolute atomic E-state index is 0.0715. The molecule has 1 saturated heterocycles. The van der Waals surface area contributed by atoms with Gasteiger partial charge in [0, 0.05) is 44.8 Å². The van der Waals surface area contributed by atoms with Crippen LogP contribution in [0.25, 0.3) is 0 Å². The molecular formula is C16H21N5O. The van der Waals surface area contributed by atoms with Gasteiger partial charge in [-0.25, -0.2) is 9.78 Å². The molecule has 1 aromatic carbocycles. The Labute approximate surface area is 129 Å². The fraction of sp³-hybridized carbons (Fsp3) is 0.375. The van der Waals surface area contributed by atoms with Gasteiger partial charge in [-0.2, -0.15) is 0 Å². The number of nitrogens with one attached hydrogen (secondary N) is 1. The Bertz CT molecular complexity index is 639. The van der Waals surface area contributed by atoms with Crippen molar-refractivity contribution in [2.75, 3.05) is 13.1 Å². The summed E-state index contributed by atoms with van der Waals surface area (Å²) in [4.78, 5) is 18.4. The second-order valence-electron chi connectivity index (χ2n) is 5.78. The van der Waals surface area contributed by atoms with Crippen molar-refractivity contribution in [3.8, 4) is 0 Å². The molecule has 1 fully saturated rings. The van der Waals surface area contributed by atoms with Gasteiger partial charge < -0.3 is 20.5 Å². The van der Waals surface area contributed by atoms with Crippen LogP contribution >= 0.6 is 0 Å². The molecule has 2 atom stereocenters. The zero-order valence-corrected chi connectivity index (χ0v) is 12.6. The first-order valence-electron chi connectivity index (χ1n) is 7.43. The van der Waals surface area contributed by atoms with E-state index in [2.05, 4.69) is 10.3 Å². The summed E-state index contributed by atoms with van der Waals surface area (Å²) in [5.74, 6) is 0.101. The highest BCUT2D eigenvalue weighted by Crippen LogP contribution is 2.25. The van der Waals surface area contributed by atoms with Gasteiger partial charge in [-0.15, -0.1) is 0 Å². The highest BCUT2D eigenvalue weighted by molar-refractivity contribution is 5.74. The Morgan fingerprint density at radius 2 is 2.14 bits per heavy atom. The molecule has 116 valence electrons. The maximum atomic E-state index is 12.3. The minimum atomic E-state index is -0.0719. The number of nitrogens with zero attached hydrogens (tertiary/aromatic N) is 3. The van der Waals surface area contributed by atoms with Crippen molar-refractivity contribution in [3.05, 3.63) is 54.1 Å². The third-order valence-electron chi connectivity index (χ3n) is 4.04. The number of rotatable bonds is 3. The largest absolute Gasteiger partial charge is 0.340 e. The number of imidazole rings is 1. The van der Waals surface area contributed by atoms with Gasteiger partial charge in [-0.05, 0) is 5.56 Å². The molecule has 2 heterocycles. The van der Waals surface area contributed by atoms with Crippen LogP contribution in [0, 0.1) is 0 Å². The molecule has 6 nitrogen and oxygen atoms in total. The molecule has 3 rings (SSSR count). The highest BCUT2D eigenvalue weighted by atomic mass is 16.2. The molecular weight excluding hydrogens is 278 g/mol. The summed E-state index contributed by atoms with van der Waals surface area (Å²) in [5.41, 5.74) is 8.22. The molecule has 2 aromatic rings. The van der Waals surface area contributed by atoms with Crippen molar-refractivity contribution in [1.29, 1.82) is 0 Å². The summed E-state index contributed by atoms with van der Waals surface area (Å²) in [7, 11) is 1.93. The fourth-order valence-corrected chi connectivity index (χ4v) is 2.82. The molecule has 2 amide bonds. The zero-order valence-electron chi connectivity index (χ0n) is 12.6. The van der Waals surface area contributed by atoms with Crippen LogP contribution in [0.1, 0.15) is 17.2 Å². The molecule has 1 aromatic heterocycles. The van der Waals surface area contributed by atoms with Crippen LogP contribution in [0.5, 0.6) is 0 Å². The fourth-order valence-electron chi connectivity index (χ4n) is 2.82. The van der Waals surface area contributed by atoms with E-state index in [4.69, 9.17) is 5.73 Å². The lowest BCUT2D eigenvalue weighted by Crippen LogP contribution is -2.39. The molecule has 0 saturated carbocycles. The van der Waals surface area contributed by atoms with Crippen LogP contribution in [0.2, 0.25) is 0 Å². The van der Waals surface area contributed by atoms with E-state index in [1.165, 1.54) is 0 Å². The first-order valence-corrected chi connectivity index (χ1v) is 7.43. The number of amides is 2. The number of benzene rings is 1. The van der Waals surface area contributed by atoms with E-state index < -0.39 is 0 Å². The Morgan fingerprint density at radius 3 is 2.82 bits per heavy atom. The molecule has 6 heteroatoms. The van der Waals surface area contributed by atoms with Crippen LogP contribution in [-0.2, 0) is 13.6 Å². The van der Waals surface area contributed by atoms with Crippen molar-refractivity contribution in [1.82, 2.24) is 19.8 Å². The van der Waals surface area contributed by atoms with Crippen LogP contribution < -0.4 is 11.1 Å². The third kappa shape index (κ3) is 3.12. The topological polar surface area (TPSA) is 76.2 Å². The molecule has 0 unspecified atom stereocenters. The van der Waals surface area contributed by atoms with E-state index in [0.29, 0.717) is 19.6 Å². The normalized spacial score (nSPS) is 21.1. The predicted octanol–water partition coefficient (Wildman–Crippen LogP) is 1.06. The van der Waals surface area contributed by atoms with Crippen LogP contribution in [0.3, 0.4) is 0 Å². The summed E-state index contributed by atoms with van der Waals surface area (Å²) >= 11 is 0. The summed E-state index contributed by atoms with van der Waals surface area (Å²) in [6.45, 7) is 1.69. The number of carbonyl (C=O) groups excluding carboxylic acids is 1. The van der Waals surface area contributed by atoms with Crippen molar-refractivity contribution in [3.63, 3.8) is 0 Å². The van der Waals surface area contributed by atoms with Gasteiger partial charge in [-0.1, -0.05) is 30.3 Å². The maximum absolute atomic E-state index is 12.3. The van der Waals surface area contributed by atoms with E-state index in [1.54, 1.807) is 11.2 Å². The van der Waals surface area contributed by atoms with E-state index in [9.17, 15) is 4.79 Å². The van der Waals surface area contributed by atoms with Gasteiger partial charge in [0.1, 0.15) is 0 Å². The standard InChI is InChI=1S/C16H21N5O/c1-20-10-15(19-11-20)13-8-21(9-14(13)17)16(22)18-7-12-5-3-2-4-6-12/h2-6,10-11,13-14H,7-9,17H2,1H3,(H,18,22)/t13-,14-/m1/s1. The summed E-state index contributed by atoms with van der Waals surface area (Å²) in [5, 5.41) is 2.94. The molecule has 0 radical (unpaired) electrons. The molecule has 1 aliphatic heterocycles. The lowest BCUT2D eigenvalue weighted by atomic mass is 10.0. The summed E-state index contributed by atoms with van der Waals surface area (Å²) in [6, 6.07) is 9.73. The van der Waals surface area contributed by atoms with E-state index in [-0.39, 0.29) is 18.0 Å². The predicted molar refractivity (Wildman–Crippen MR) is 84.2 cm³/mol. The average molecular weight is 299 g/mol. The first kappa shape index (κ1) is 14.6. The summed E-state index contributed by atoms with van der Waals surface area (Å²) < 4.78 is 1.90. The highest BCUT2D eigenvalue weighted by Gasteiger charge is 2.35. The Kier molecular flexibility index (Phi) is 4.11. The SMILES string of the molecule is Cn1cnc([C@@H]2CN(C(=O)NCc3ccccc3)C[C@H]2N)c1. The van der Waals surface area contributed by atoms with E-state index in [1.807, 2.05) is 48.1 Å². The first-order chi connectivity index (χ1) is 10.6. The van der Waals surface area contributed by atoms with Crippen molar-refractivity contribution < 1.29 is 4.79 Å². The van der Waals surface area contributed by atoms with Crippen LogP contribution in [-0.4, -0.2) is 39.6 Å². The van der Waals surface area contributed by atoms with Crippen molar-refractivity contribution in [2.24, 2.45) is 12.8 Å². The second kappa shape index (κ2) is 6.19. The molecule has 1 aliphatic rings. The van der Waals surface area contributed by atoms with Gasteiger partial charge in [-0.3, -0.25) is 0 Å². The Balaban J connectivity index is 1.58. The molecule has 0 bridgehead atoms.